The van der Waals surface area contributed by atoms with Gasteiger partial charge in [-0.3, -0.25) is 4.79 Å². The van der Waals surface area contributed by atoms with Crippen molar-refractivity contribution in [3.8, 4) is 5.75 Å². The third kappa shape index (κ3) is 4.73. The fourth-order valence-corrected chi connectivity index (χ4v) is 4.36. The summed E-state index contributed by atoms with van der Waals surface area (Å²) >= 11 is 0. The first-order valence-corrected chi connectivity index (χ1v) is 10.3. The number of carbonyl (C=O) groups excluding carboxylic acids is 1. The number of sulfonamides is 1. The number of rotatable bonds is 6. The van der Waals surface area contributed by atoms with Crippen molar-refractivity contribution in [2.24, 2.45) is 5.92 Å². The number of nitrogens with one attached hydrogen (secondary N) is 1. The molecule has 0 spiro atoms. The summed E-state index contributed by atoms with van der Waals surface area (Å²) in [6.45, 7) is 6.31. The number of nitrogens with zero attached hydrogens (tertiary/aromatic N) is 1. The maximum absolute atomic E-state index is 12.6. The van der Waals surface area contributed by atoms with E-state index in [1.54, 1.807) is 14.0 Å². The Bertz CT molecular complexity index is 718. The molecule has 1 fully saturated rings. The Labute approximate surface area is 150 Å². The van der Waals surface area contributed by atoms with Gasteiger partial charge in [0.25, 0.3) is 0 Å². The molecule has 0 aromatic heterocycles. The molecular weight excluding hydrogens is 340 g/mol. The molecule has 140 valence electrons. The summed E-state index contributed by atoms with van der Waals surface area (Å²) in [4.78, 5) is 12.6. The normalized spacial score (nSPS) is 20.1. The number of hydrogen-bond donors (Lipinski definition) is 1. The molecule has 0 unspecified atom stereocenters. The van der Waals surface area contributed by atoms with E-state index in [4.69, 9.17) is 4.74 Å². The minimum absolute atomic E-state index is 0.0723. The average Bonchev–Trinajstić information content (AvgIpc) is 2.61. The molecular formula is C18H28N2O4S. The Hall–Kier alpha value is -1.60. The zero-order valence-corrected chi connectivity index (χ0v) is 16.2. The van der Waals surface area contributed by atoms with E-state index in [0.29, 0.717) is 13.0 Å². The fourth-order valence-electron chi connectivity index (χ4n) is 3.18. The second-order valence-corrected chi connectivity index (χ2v) is 8.81. The van der Waals surface area contributed by atoms with Gasteiger partial charge in [-0.15, -0.1) is 0 Å². The lowest BCUT2D eigenvalue weighted by molar-refractivity contribution is -0.126. The van der Waals surface area contributed by atoms with E-state index in [9.17, 15) is 13.2 Å². The lowest BCUT2D eigenvalue weighted by Crippen LogP contribution is -2.46. The molecule has 1 aromatic rings. The Morgan fingerprint density at radius 1 is 1.44 bits per heavy atom. The highest BCUT2D eigenvalue weighted by atomic mass is 32.2. The minimum Gasteiger partial charge on any atom is -0.496 e. The molecule has 1 aromatic carbocycles. The van der Waals surface area contributed by atoms with Crippen molar-refractivity contribution in [1.82, 2.24) is 9.62 Å². The second kappa shape index (κ2) is 8.19. The van der Waals surface area contributed by atoms with Crippen LogP contribution in [0.3, 0.4) is 0 Å². The van der Waals surface area contributed by atoms with Gasteiger partial charge in [-0.05, 0) is 50.8 Å². The lowest BCUT2D eigenvalue weighted by atomic mass is 9.97. The summed E-state index contributed by atoms with van der Waals surface area (Å²) < 4.78 is 30.8. The molecule has 0 saturated carbocycles. The first kappa shape index (κ1) is 19.7. The van der Waals surface area contributed by atoms with Gasteiger partial charge >= 0.3 is 0 Å². The Kier molecular flexibility index (Phi) is 6.46. The topological polar surface area (TPSA) is 75.7 Å². The van der Waals surface area contributed by atoms with E-state index in [-0.39, 0.29) is 30.2 Å². The molecule has 0 aliphatic carbocycles. The van der Waals surface area contributed by atoms with Gasteiger partial charge in [-0.25, -0.2) is 12.7 Å². The number of methoxy groups -OCH3 is 1. The van der Waals surface area contributed by atoms with Crippen LogP contribution in [-0.4, -0.2) is 44.6 Å². The molecule has 0 bridgehead atoms. The monoisotopic (exact) mass is 368 g/mol. The molecule has 25 heavy (non-hydrogen) atoms. The number of amides is 1. The number of carbonyl (C=O) groups is 1. The predicted molar refractivity (Wildman–Crippen MR) is 98.0 cm³/mol. The van der Waals surface area contributed by atoms with Gasteiger partial charge in [0.15, 0.2) is 0 Å². The van der Waals surface area contributed by atoms with E-state index in [1.165, 1.54) is 4.31 Å². The van der Waals surface area contributed by atoms with Crippen LogP contribution >= 0.6 is 0 Å². The van der Waals surface area contributed by atoms with Gasteiger partial charge in [0.05, 0.1) is 24.8 Å². The highest BCUT2D eigenvalue weighted by Crippen LogP contribution is 2.24. The summed E-state index contributed by atoms with van der Waals surface area (Å²) in [5.74, 6) is 0.506. The van der Waals surface area contributed by atoms with Crippen LogP contribution in [0, 0.1) is 12.8 Å². The molecule has 0 radical (unpaired) electrons. The number of hydrogen-bond acceptors (Lipinski definition) is 4. The molecule has 7 heteroatoms. The summed E-state index contributed by atoms with van der Waals surface area (Å²) in [5, 5.41) is 3.02. The van der Waals surface area contributed by atoms with E-state index < -0.39 is 10.0 Å². The highest BCUT2D eigenvalue weighted by molar-refractivity contribution is 7.89. The van der Waals surface area contributed by atoms with Crippen LogP contribution in [0.25, 0.3) is 0 Å². The molecule has 1 heterocycles. The van der Waals surface area contributed by atoms with Crippen LogP contribution in [0.5, 0.6) is 5.75 Å². The third-order valence-electron chi connectivity index (χ3n) is 4.79. The Balaban J connectivity index is 2.02. The summed E-state index contributed by atoms with van der Waals surface area (Å²) in [5.41, 5.74) is 2.01. The second-order valence-electron chi connectivity index (χ2n) is 6.56. The predicted octanol–water partition coefficient (Wildman–Crippen LogP) is 2.24. The molecule has 1 aliphatic rings. The van der Waals surface area contributed by atoms with Crippen LogP contribution in [-0.2, 0) is 14.8 Å². The van der Waals surface area contributed by atoms with Gasteiger partial charge in [0, 0.05) is 13.1 Å². The fraction of sp³-hybridized carbons (Fsp3) is 0.611. The van der Waals surface area contributed by atoms with E-state index in [2.05, 4.69) is 5.32 Å². The molecule has 2 atom stereocenters. The maximum atomic E-state index is 12.6. The Morgan fingerprint density at radius 2 is 2.16 bits per heavy atom. The minimum atomic E-state index is -3.24. The van der Waals surface area contributed by atoms with Crippen molar-refractivity contribution in [2.75, 3.05) is 26.0 Å². The zero-order chi connectivity index (χ0) is 18.6. The van der Waals surface area contributed by atoms with Crippen LogP contribution in [0.4, 0.5) is 0 Å². The van der Waals surface area contributed by atoms with Crippen molar-refractivity contribution >= 4 is 15.9 Å². The molecule has 2 rings (SSSR count). The van der Waals surface area contributed by atoms with Crippen molar-refractivity contribution < 1.29 is 17.9 Å². The molecule has 1 saturated heterocycles. The zero-order valence-electron chi connectivity index (χ0n) is 15.4. The first-order chi connectivity index (χ1) is 11.8. The number of ether oxygens (including phenoxy) is 1. The van der Waals surface area contributed by atoms with Crippen molar-refractivity contribution in [1.29, 1.82) is 0 Å². The smallest absolute Gasteiger partial charge is 0.224 e. The maximum Gasteiger partial charge on any atom is 0.224 e. The lowest BCUT2D eigenvalue weighted by Gasteiger charge is -2.31. The quantitative estimate of drug-likeness (QED) is 0.835. The molecule has 1 N–H and O–H groups in total. The Morgan fingerprint density at radius 3 is 2.76 bits per heavy atom. The van der Waals surface area contributed by atoms with Crippen molar-refractivity contribution in [3.63, 3.8) is 0 Å². The van der Waals surface area contributed by atoms with E-state index in [0.717, 1.165) is 23.3 Å². The van der Waals surface area contributed by atoms with Gasteiger partial charge in [0.1, 0.15) is 5.75 Å². The van der Waals surface area contributed by atoms with Crippen LogP contribution < -0.4 is 10.1 Å². The van der Waals surface area contributed by atoms with Gasteiger partial charge < -0.3 is 10.1 Å². The first-order valence-electron chi connectivity index (χ1n) is 8.71. The van der Waals surface area contributed by atoms with Crippen molar-refractivity contribution in [3.05, 3.63) is 29.3 Å². The number of benzene rings is 1. The summed E-state index contributed by atoms with van der Waals surface area (Å²) in [6, 6.07) is 5.68. The average molecular weight is 368 g/mol. The van der Waals surface area contributed by atoms with Gasteiger partial charge in [-0.1, -0.05) is 12.1 Å². The highest BCUT2D eigenvalue weighted by Gasteiger charge is 2.31. The molecule has 1 aliphatic heterocycles. The summed E-state index contributed by atoms with van der Waals surface area (Å²) in [7, 11) is -1.61. The summed E-state index contributed by atoms with van der Waals surface area (Å²) in [6.07, 6.45) is 1.43. The van der Waals surface area contributed by atoms with E-state index in [1.807, 2.05) is 32.0 Å². The molecule has 1 amide bonds. The van der Waals surface area contributed by atoms with Crippen LogP contribution in [0.15, 0.2) is 18.2 Å². The van der Waals surface area contributed by atoms with Gasteiger partial charge in [-0.2, -0.15) is 0 Å². The molecule has 6 nitrogen and oxygen atoms in total. The SMILES string of the molecule is CCS(=O)(=O)N1CCC[C@@H](C(=O)N[C@H](C)c2ccc(OC)c(C)c2)C1. The number of aryl methyl sites for hydroxylation is 1. The van der Waals surface area contributed by atoms with Crippen molar-refractivity contribution in [2.45, 2.75) is 39.7 Å². The van der Waals surface area contributed by atoms with Crippen LogP contribution in [0.1, 0.15) is 43.9 Å². The third-order valence-corrected chi connectivity index (χ3v) is 6.64. The van der Waals surface area contributed by atoms with Crippen LogP contribution in [0.2, 0.25) is 0 Å². The number of piperidine rings is 1. The largest absolute Gasteiger partial charge is 0.496 e. The standard InChI is InChI=1S/C18H28N2O4S/c1-5-25(22,23)20-10-6-7-16(12-20)18(21)19-14(3)15-8-9-17(24-4)13(2)11-15/h8-9,11,14,16H,5-7,10,12H2,1-4H3,(H,19,21)/t14-,16-/m1/s1. The van der Waals surface area contributed by atoms with E-state index >= 15 is 0 Å². The van der Waals surface area contributed by atoms with Gasteiger partial charge in [0.2, 0.25) is 15.9 Å².